The summed E-state index contributed by atoms with van der Waals surface area (Å²) in [7, 11) is 0. The molecule has 0 radical (unpaired) electrons. The maximum absolute atomic E-state index is 12.2. The van der Waals surface area contributed by atoms with Crippen molar-refractivity contribution < 1.29 is 33.5 Å². The Hall–Kier alpha value is -4.09. The SMILES string of the molecule is C[C@@H](CN1CCC2(CC1)OC(=O)NN=C2c1cc(C#N)ccc1Br)NC(=O)/C=C/C(=O)ON1C(=O)CCC1=O. The van der Waals surface area contributed by atoms with Crippen LogP contribution in [0, 0.1) is 11.3 Å². The second-order valence-electron chi connectivity index (χ2n) is 9.30. The predicted octanol–water partition coefficient (Wildman–Crippen LogP) is 1.27. The number of halogens is 1. The third kappa shape index (κ3) is 6.50. The molecule has 1 spiro atoms. The van der Waals surface area contributed by atoms with Crippen LogP contribution in [0.1, 0.15) is 43.7 Å². The minimum atomic E-state index is -1.01. The van der Waals surface area contributed by atoms with Gasteiger partial charge in [-0.25, -0.2) is 15.0 Å². The number of likely N-dealkylation sites (tertiary alicyclic amines) is 1. The maximum Gasteiger partial charge on any atom is 0.428 e. The molecular weight excluding hydrogens is 576 g/mol. The van der Waals surface area contributed by atoms with Crippen molar-refractivity contribution in [3.63, 3.8) is 0 Å². The predicted molar refractivity (Wildman–Crippen MR) is 137 cm³/mol. The molecule has 0 bridgehead atoms. The molecule has 1 aromatic carbocycles. The van der Waals surface area contributed by atoms with Crippen LogP contribution >= 0.6 is 15.9 Å². The molecule has 4 amide bonds. The van der Waals surface area contributed by atoms with Crippen LogP contribution in [0.4, 0.5) is 4.79 Å². The van der Waals surface area contributed by atoms with Gasteiger partial charge in [-0.05, 0) is 25.1 Å². The van der Waals surface area contributed by atoms with Gasteiger partial charge in [0.25, 0.3) is 11.8 Å². The minimum absolute atomic E-state index is 0.0230. The highest BCUT2D eigenvalue weighted by molar-refractivity contribution is 9.10. The molecule has 204 valence electrons. The quantitative estimate of drug-likeness (QED) is 0.345. The number of hydrazone groups is 1. The third-order valence-electron chi connectivity index (χ3n) is 6.47. The van der Waals surface area contributed by atoms with E-state index in [9.17, 15) is 29.2 Å². The molecule has 3 aliphatic heterocycles. The second kappa shape index (κ2) is 11.7. The van der Waals surface area contributed by atoms with Crippen molar-refractivity contribution >= 4 is 51.4 Å². The van der Waals surface area contributed by atoms with Crippen molar-refractivity contribution in [3.05, 3.63) is 46.0 Å². The highest BCUT2D eigenvalue weighted by Crippen LogP contribution is 2.35. The van der Waals surface area contributed by atoms with Gasteiger partial charge in [0, 0.05) is 73.5 Å². The minimum Gasteiger partial charge on any atom is -0.435 e. The van der Waals surface area contributed by atoms with Crippen molar-refractivity contribution in [2.75, 3.05) is 19.6 Å². The number of carbonyl (C=O) groups excluding carboxylic acids is 5. The van der Waals surface area contributed by atoms with Gasteiger partial charge in [0.1, 0.15) is 5.71 Å². The summed E-state index contributed by atoms with van der Waals surface area (Å²) in [6.45, 7) is 3.38. The first kappa shape index (κ1) is 27.9. The Morgan fingerprint density at radius 2 is 1.95 bits per heavy atom. The number of hydrogen-bond acceptors (Lipinski definition) is 10. The fraction of sp³-hybridized carbons (Fsp3) is 0.400. The lowest BCUT2D eigenvalue weighted by Gasteiger charge is -2.43. The Bertz CT molecular complexity index is 1300. The van der Waals surface area contributed by atoms with E-state index < -0.39 is 35.4 Å². The molecule has 3 heterocycles. The first-order valence-electron chi connectivity index (χ1n) is 12.2. The van der Waals surface area contributed by atoms with Gasteiger partial charge in [-0.3, -0.25) is 14.4 Å². The fourth-order valence-electron chi connectivity index (χ4n) is 4.62. The van der Waals surface area contributed by atoms with Crippen LogP contribution in [0.2, 0.25) is 0 Å². The summed E-state index contributed by atoms with van der Waals surface area (Å²) < 4.78 is 6.48. The zero-order chi connectivity index (χ0) is 28.2. The first-order chi connectivity index (χ1) is 18.6. The molecule has 3 aliphatic rings. The lowest BCUT2D eigenvalue weighted by Crippen LogP contribution is -2.57. The molecule has 14 heteroatoms. The standard InChI is InChI=1S/C25H25BrN6O7/c1-15(28-19(33)4-7-22(36)39-32-20(34)5-6-21(32)35)14-31-10-8-25(9-11-31)23(29-30-24(37)38-25)17-12-16(13-27)2-3-18(17)26/h2-4,7,12,15H,5-6,8-11,14H2,1H3,(H,28,33)(H,30,37)/b7-4+/t15-/m0/s1. The zero-order valence-corrected chi connectivity index (χ0v) is 22.5. The molecular formula is C25H25BrN6O7. The molecule has 0 saturated carbocycles. The maximum atomic E-state index is 12.2. The monoisotopic (exact) mass is 600 g/mol. The first-order valence-corrected chi connectivity index (χ1v) is 13.0. The number of rotatable bonds is 7. The third-order valence-corrected chi connectivity index (χ3v) is 7.16. The van der Waals surface area contributed by atoms with Crippen molar-refractivity contribution in [2.45, 2.75) is 44.2 Å². The number of ether oxygens (including phenoxy) is 1. The average Bonchev–Trinajstić information content (AvgIpc) is 3.21. The molecule has 4 rings (SSSR count). The normalized spacial score (nSPS) is 19.8. The van der Waals surface area contributed by atoms with Gasteiger partial charge in [-0.2, -0.15) is 10.4 Å². The van der Waals surface area contributed by atoms with E-state index in [1.807, 2.05) is 0 Å². The molecule has 2 fully saturated rings. The van der Waals surface area contributed by atoms with Crippen molar-refractivity contribution in [1.29, 1.82) is 5.26 Å². The average molecular weight is 601 g/mol. The summed E-state index contributed by atoms with van der Waals surface area (Å²) in [5, 5.41) is 16.8. The van der Waals surface area contributed by atoms with E-state index in [1.165, 1.54) is 0 Å². The van der Waals surface area contributed by atoms with Gasteiger partial charge in [-0.15, -0.1) is 5.06 Å². The van der Waals surface area contributed by atoms with Crippen LogP contribution in [0.5, 0.6) is 0 Å². The van der Waals surface area contributed by atoms with E-state index >= 15 is 0 Å². The van der Waals surface area contributed by atoms with E-state index in [0.717, 1.165) is 12.2 Å². The van der Waals surface area contributed by atoms with Gasteiger partial charge in [0.05, 0.1) is 11.6 Å². The highest BCUT2D eigenvalue weighted by atomic mass is 79.9. The summed E-state index contributed by atoms with van der Waals surface area (Å²) in [5.41, 5.74) is 3.03. The Balaban J connectivity index is 1.31. The molecule has 39 heavy (non-hydrogen) atoms. The van der Waals surface area contributed by atoms with Crippen molar-refractivity contribution in [3.8, 4) is 6.07 Å². The van der Waals surface area contributed by atoms with Crippen LogP contribution in [0.15, 0.2) is 39.9 Å². The number of nitrogens with zero attached hydrogens (tertiary/aromatic N) is 4. The number of nitriles is 1. The van der Waals surface area contributed by atoms with Crippen molar-refractivity contribution in [1.82, 2.24) is 20.7 Å². The van der Waals surface area contributed by atoms with E-state index in [1.54, 1.807) is 25.1 Å². The van der Waals surface area contributed by atoms with E-state index in [-0.39, 0.29) is 18.9 Å². The molecule has 1 aromatic rings. The van der Waals surface area contributed by atoms with Crippen LogP contribution < -0.4 is 10.7 Å². The van der Waals surface area contributed by atoms with Gasteiger partial charge >= 0.3 is 12.1 Å². The Labute approximate surface area is 231 Å². The zero-order valence-electron chi connectivity index (χ0n) is 20.9. The number of carbonyl (C=O) groups is 5. The second-order valence-corrected chi connectivity index (χ2v) is 10.2. The van der Waals surface area contributed by atoms with Gasteiger partial charge in [0.15, 0.2) is 5.60 Å². The number of nitrogens with one attached hydrogen (secondary N) is 2. The fourth-order valence-corrected chi connectivity index (χ4v) is 5.05. The van der Waals surface area contributed by atoms with Crippen LogP contribution in [-0.2, 0) is 28.8 Å². The van der Waals surface area contributed by atoms with E-state index in [0.29, 0.717) is 58.9 Å². The summed E-state index contributed by atoms with van der Waals surface area (Å²) in [4.78, 5) is 66.0. The number of piperidine rings is 1. The Morgan fingerprint density at radius 3 is 2.62 bits per heavy atom. The van der Waals surface area contributed by atoms with Gasteiger partial charge in [-0.1, -0.05) is 15.9 Å². The molecule has 0 aromatic heterocycles. The number of amides is 4. The number of hydrogen-bond donors (Lipinski definition) is 2. The highest BCUT2D eigenvalue weighted by Gasteiger charge is 2.46. The van der Waals surface area contributed by atoms with Crippen molar-refractivity contribution in [2.24, 2.45) is 5.10 Å². The summed E-state index contributed by atoms with van der Waals surface area (Å²) in [6.07, 6.45) is 2.02. The van der Waals surface area contributed by atoms with Gasteiger partial charge < -0.3 is 19.8 Å². The van der Waals surface area contributed by atoms with Crippen LogP contribution in [0.25, 0.3) is 0 Å². The van der Waals surface area contributed by atoms with Crippen LogP contribution in [0.3, 0.4) is 0 Å². The molecule has 1 atom stereocenters. The smallest absolute Gasteiger partial charge is 0.428 e. The topological polar surface area (TPSA) is 170 Å². The number of hydroxylamine groups is 2. The summed E-state index contributed by atoms with van der Waals surface area (Å²) in [6, 6.07) is 6.93. The lowest BCUT2D eigenvalue weighted by molar-refractivity contribution is -0.193. The largest absolute Gasteiger partial charge is 0.435 e. The van der Waals surface area contributed by atoms with E-state index in [2.05, 4.69) is 47.6 Å². The molecule has 2 N–H and O–H groups in total. The Kier molecular flexibility index (Phi) is 8.41. The molecule has 0 unspecified atom stereocenters. The molecule has 13 nitrogen and oxygen atoms in total. The summed E-state index contributed by atoms with van der Waals surface area (Å²) in [5.74, 6) is -2.77. The lowest BCUT2D eigenvalue weighted by atomic mass is 9.82. The Morgan fingerprint density at radius 1 is 1.26 bits per heavy atom. The van der Waals surface area contributed by atoms with E-state index in [4.69, 9.17) is 4.74 Å². The summed E-state index contributed by atoms with van der Waals surface area (Å²) >= 11 is 3.50. The number of benzene rings is 1. The molecule has 2 saturated heterocycles. The molecule has 0 aliphatic carbocycles. The van der Waals surface area contributed by atoms with Crippen LogP contribution in [-0.4, -0.2) is 76.7 Å². The number of imide groups is 1. The van der Waals surface area contributed by atoms with Gasteiger partial charge in [0.2, 0.25) is 5.91 Å².